The van der Waals surface area contributed by atoms with E-state index in [1.165, 1.54) is 9.79 Å². The minimum Gasteiger partial charge on any atom is -0.326 e. The summed E-state index contributed by atoms with van der Waals surface area (Å²) in [5.41, 5.74) is 3.27. The molecule has 150 valence electrons. The molecule has 6 heteroatoms. The number of carbonyl (C=O) groups is 1. The zero-order valence-corrected chi connectivity index (χ0v) is 19.3. The van der Waals surface area contributed by atoms with Crippen LogP contribution >= 0.6 is 46.7 Å². The zero-order valence-electron chi connectivity index (χ0n) is 16.2. The number of hydrogen-bond donors (Lipinski definition) is 1. The lowest BCUT2D eigenvalue weighted by Crippen LogP contribution is -2.14. The van der Waals surface area contributed by atoms with Crippen molar-refractivity contribution in [1.82, 2.24) is 0 Å². The molecule has 0 spiro atoms. The van der Waals surface area contributed by atoms with Crippen LogP contribution in [0.2, 0.25) is 10.0 Å². The van der Waals surface area contributed by atoms with E-state index >= 15 is 0 Å². The minimum absolute atomic E-state index is 0.106. The van der Waals surface area contributed by atoms with Crippen LogP contribution in [0.25, 0.3) is 11.1 Å². The van der Waals surface area contributed by atoms with Gasteiger partial charge in [-0.3, -0.25) is 4.79 Å². The molecule has 0 aliphatic carbocycles. The number of thioether (sulfide) groups is 2. The van der Waals surface area contributed by atoms with E-state index in [1.54, 1.807) is 35.7 Å². The third kappa shape index (κ3) is 5.95. The van der Waals surface area contributed by atoms with Crippen LogP contribution in [0.3, 0.4) is 0 Å². The number of carbonyl (C=O) groups excluding carboxylic acids is 1. The fourth-order valence-electron chi connectivity index (χ4n) is 2.94. The number of anilines is 1. The van der Waals surface area contributed by atoms with Crippen molar-refractivity contribution in [3.8, 4) is 11.1 Å². The predicted octanol–water partition coefficient (Wildman–Crippen LogP) is 7.68. The molecule has 0 aliphatic rings. The molecule has 0 radical (unpaired) electrons. The summed E-state index contributed by atoms with van der Waals surface area (Å²) < 4.78 is 0. The van der Waals surface area contributed by atoms with Crippen LogP contribution in [0.4, 0.5) is 5.69 Å². The normalized spacial score (nSPS) is 10.8. The average molecular weight is 462 g/mol. The van der Waals surface area contributed by atoms with E-state index in [0.717, 1.165) is 22.4 Å². The molecule has 1 N–H and O–H groups in total. The van der Waals surface area contributed by atoms with Crippen molar-refractivity contribution in [2.24, 2.45) is 0 Å². The fourth-order valence-corrected chi connectivity index (χ4v) is 4.71. The highest BCUT2D eigenvalue weighted by Crippen LogP contribution is 2.38. The Balaban J connectivity index is 1.71. The molecule has 29 heavy (non-hydrogen) atoms. The monoisotopic (exact) mass is 461 g/mol. The van der Waals surface area contributed by atoms with Gasteiger partial charge in [-0.2, -0.15) is 0 Å². The van der Waals surface area contributed by atoms with E-state index < -0.39 is 0 Å². The van der Waals surface area contributed by atoms with E-state index in [9.17, 15) is 4.79 Å². The molecular formula is C23H21Cl2NOS2. The first-order valence-corrected chi connectivity index (χ1v) is 12.1. The number of hydrogen-bond acceptors (Lipinski definition) is 3. The van der Waals surface area contributed by atoms with Crippen LogP contribution in [0.15, 0.2) is 70.5 Å². The van der Waals surface area contributed by atoms with E-state index in [4.69, 9.17) is 23.2 Å². The van der Waals surface area contributed by atoms with E-state index in [0.29, 0.717) is 22.2 Å². The SMILES string of the molecule is CCSc1ccc(CC(=O)Nc2cc(Cl)c(-c3ccc(SC)cc3)c(Cl)c2)cc1. The van der Waals surface area contributed by atoms with Gasteiger partial charge in [0.05, 0.1) is 16.5 Å². The Hall–Kier alpha value is -1.59. The highest BCUT2D eigenvalue weighted by atomic mass is 35.5. The maximum atomic E-state index is 12.4. The van der Waals surface area contributed by atoms with Crippen LogP contribution in [-0.2, 0) is 11.2 Å². The highest BCUT2D eigenvalue weighted by molar-refractivity contribution is 7.99. The first-order chi connectivity index (χ1) is 14.0. The molecule has 0 aliphatic heterocycles. The molecule has 0 atom stereocenters. The second kappa shape index (κ2) is 10.4. The molecule has 0 saturated carbocycles. The maximum Gasteiger partial charge on any atom is 0.228 e. The molecule has 0 unspecified atom stereocenters. The maximum absolute atomic E-state index is 12.4. The van der Waals surface area contributed by atoms with E-state index in [2.05, 4.69) is 12.2 Å². The van der Waals surface area contributed by atoms with Gasteiger partial charge < -0.3 is 5.32 Å². The summed E-state index contributed by atoms with van der Waals surface area (Å²) in [5, 5.41) is 3.90. The van der Waals surface area contributed by atoms with Crippen molar-refractivity contribution >= 4 is 58.3 Å². The number of benzene rings is 3. The van der Waals surface area contributed by atoms with Crippen molar-refractivity contribution in [2.45, 2.75) is 23.1 Å². The van der Waals surface area contributed by atoms with Crippen molar-refractivity contribution in [2.75, 3.05) is 17.3 Å². The quantitative estimate of drug-likeness (QED) is 0.365. The lowest BCUT2D eigenvalue weighted by atomic mass is 10.0. The molecule has 1 amide bonds. The Morgan fingerprint density at radius 3 is 2.07 bits per heavy atom. The molecule has 2 nitrogen and oxygen atoms in total. The second-order valence-corrected chi connectivity index (χ2v) is 9.38. The Morgan fingerprint density at radius 1 is 0.931 bits per heavy atom. The third-order valence-corrected chi connectivity index (χ3v) is 6.54. The van der Waals surface area contributed by atoms with Crippen molar-refractivity contribution in [3.05, 3.63) is 76.3 Å². The largest absolute Gasteiger partial charge is 0.326 e. The summed E-state index contributed by atoms with van der Waals surface area (Å²) in [7, 11) is 0. The van der Waals surface area contributed by atoms with Gasteiger partial charge in [-0.25, -0.2) is 0 Å². The predicted molar refractivity (Wildman–Crippen MR) is 129 cm³/mol. The van der Waals surface area contributed by atoms with Gasteiger partial charge in [0, 0.05) is 21.0 Å². The topological polar surface area (TPSA) is 29.1 Å². The van der Waals surface area contributed by atoms with Gasteiger partial charge >= 0.3 is 0 Å². The van der Waals surface area contributed by atoms with Crippen LogP contribution in [0.1, 0.15) is 12.5 Å². The van der Waals surface area contributed by atoms with Gasteiger partial charge in [0.15, 0.2) is 0 Å². The highest BCUT2D eigenvalue weighted by Gasteiger charge is 2.13. The van der Waals surface area contributed by atoms with Gasteiger partial charge in [-0.05, 0) is 59.5 Å². The zero-order chi connectivity index (χ0) is 20.8. The number of halogens is 2. The smallest absolute Gasteiger partial charge is 0.228 e. The first-order valence-electron chi connectivity index (χ1n) is 9.15. The fraction of sp³-hybridized carbons (Fsp3) is 0.174. The summed E-state index contributed by atoms with van der Waals surface area (Å²) in [5.74, 6) is 0.920. The summed E-state index contributed by atoms with van der Waals surface area (Å²) >= 11 is 16.4. The van der Waals surface area contributed by atoms with Gasteiger partial charge in [-0.15, -0.1) is 23.5 Å². The van der Waals surface area contributed by atoms with Crippen molar-refractivity contribution in [1.29, 1.82) is 0 Å². The van der Waals surface area contributed by atoms with Gasteiger partial charge in [0.1, 0.15) is 0 Å². The third-order valence-electron chi connectivity index (χ3n) is 4.30. The Kier molecular flexibility index (Phi) is 7.96. The standard InChI is InChI=1S/C23H21Cl2NOS2/c1-3-29-19-8-4-15(5-9-19)12-22(27)26-17-13-20(24)23(21(25)14-17)16-6-10-18(28-2)11-7-16/h4-11,13-14H,3,12H2,1-2H3,(H,26,27). The summed E-state index contributed by atoms with van der Waals surface area (Å²) in [6.07, 6.45) is 2.33. The molecule has 0 heterocycles. The second-order valence-electron chi connectivity index (χ2n) is 6.35. The van der Waals surface area contributed by atoms with Crippen LogP contribution in [0.5, 0.6) is 0 Å². The average Bonchev–Trinajstić information content (AvgIpc) is 2.69. The van der Waals surface area contributed by atoms with Gasteiger partial charge in [-0.1, -0.05) is 54.4 Å². The molecule has 0 saturated heterocycles. The number of rotatable bonds is 7. The van der Waals surface area contributed by atoms with Gasteiger partial charge in [0.25, 0.3) is 0 Å². The Bertz CT molecular complexity index is 966. The number of nitrogens with one attached hydrogen (secondary N) is 1. The number of amides is 1. The molecular weight excluding hydrogens is 441 g/mol. The van der Waals surface area contributed by atoms with Crippen LogP contribution in [-0.4, -0.2) is 17.9 Å². The van der Waals surface area contributed by atoms with Crippen molar-refractivity contribution < 1.29 is 4.79 Å². The molecule has 3 aromatic carbocycles. The Morgan fingerprint density at radius 2 is 1.52 bits per heavy atom. The molecule has 0 fully saturated rings. The van der Waals surface area contributed by atoms with Crippen molar-refractivity contribution in [3.63, 3.8) is 0 Å². The van der Waals surface area contributed by atoms with Crippen LogP contribution < -0.4 is 5.32 Å². The molecule has 0 aromatic heterocycles. The molecule has 3 rings (SSSR count). The van der Waals surface area contributed by atoms with Gasteiger partial charge in [0.2, 0.25) is 5.91 Å². The lowest BCUT2D eigenvalue weighted by molar-refractivity contribution is -0.115. The lowest BCUT2D eigenvalue weighted by Gasteiger charge is -2.12. The first kappa shape index (κ1) is 22.1. The molecule has 0 bridgehead atoms. The summed E-state index contributed by atoms with van der Waals surface area (Å²) in [4.78, 5) is 14.8. The summed E-state index contributed by atoms with van der Waals surface area (Å²) in [6.45, 7) is 2.12. The van der Waals surface area contributed by atoms with Crippen LogP contribution in [0, 0.1) is 0 Å². The van der Waals surface area contributed by atoms with E-state index in [-0.39, 0.29) is 5.91 Å². The minimum atomic E-state index is -0.106. The summed E-state index contributed by atoms with van der Waals surface area (Å²) in [6, 6.07) is 19.6. The molecule has 3 aromatic rings. The van der Waals surface area contributed by atoms with E-state index in [1.807, 2.05) is 54.8 Å². The Labute approximate surface area is 190 Å².